The first-order valence-corrected chi connectivity index (χ1v) is 10.2. The highest BCUT2D eigenvalue weighted by atomic mass is 16.2. The SMILES string of the molecule is C[C@@H]1CC[C@@H](c2ccc3[nH]c(=O)ccc3n2)N(C(=O)C(=O)Nc2cncc(C(N)=O)c2)C1. The summed E-state index contributed by atoms with van der Waals surface area (Å²) in [5.41, 5.74) is 7.20. The van der Waals surface area contributed by atoms with Crippen molar-refractivity contribution in [3.05, 3.63) is 64.3 Å². The number of rotatable bonds is 3. The van der Waals surface area contributed by atoms with Crippen LogP contribution in [0.25, 0.3) is 11.0 Å². The van der Waals surface area contributed by atoms with Gasteiger partial charge in [0, 0.05) is 18.8 Å². The van der Waals surface area contributed by atoms with Gasteiger partial charge < -0.3 is 20.9 Å². The minimum atomic E-state index is -0.836. The van der Waals surface area contributed by atoms with Crippen LogP contribution in [0.3, 0.4) is 0 Å². The predicted molar refractivity (Wildman–Crippen MR) is 117 cm³/mol. The second-order valence-electron chi connectivity index (χ2n) is 7.93. The van der Waals surface area contributed by atoms with Crippen molar-refractivity contribution in [3.8, 4) is 0 Å². The van der Waals surface area contributed by atoms with E-state index in [0.717, 1.165) is 6.42 Å². The number of anilines is 1. The molecule has 164 valence electrons. The number of H-pyrrole nitrogens is 1. The third kappa shape index (κ3) is 4.34. The molecule has 10 heteroatoms. The van der Waals surface area contributed by atoms with E-state index < -0.39 is 17.7 Å². The monoisotopic (exact) mass is 434 g/mol. The van der Waals surface area contributed by atoms with Crippen LogP contribution in [0.2, 0.25) is 0 Å². The van der Waals surface area contributed by atoms with E-state index in [1.165, 1.54) is 29.4 Å². The number of piperidine rings is 1. The van der Waals surface area contributed by atoms with E-state index in [4.69, 9.17) is 5.73 Å². The minimum absolute atomic E-state index is 0.123. The number of hydrogen-bond donors (Lipinski definition) is 3. The first-order valence-electron chi connectivity index (χ1n) is 10.2. The van der Waals surface area contributed by atoms with Crippen molar-refractivity contribution in [3.63, 3.8) is 0 Å². The Bertz CT molecular complexity index is 1270. The molecule has 3 aromatic rings. The lowest BCUT2D eigenvalue weighted by Gasteiger charge is -2.38. The maximum atomic E-state index is 13.1. The van der Waals surface area contributed by atoms with Crippen molar-refractivity contribution >= 4 is 34.4 Å². The number of primary amides is 1. The average molecular weight is 434 g/mol. The van der Waals surface area contributed by atoms with Gasteiger partial charge in [0.2, 0.25) is 11.5 Å². The first-order chi connectivity index (χ1) is 15.3. The maximum Gasteiger partial charge on any atom is 0.313 e. The molecule has 1 aliphatic heterocycles. The van der Waals surface area contributed by atoms with Gasteiger partial charge in [0.15, 0.2) is 0 Å². The van der Waals surface area contributed by atoms with Crippen molar-refractivity contribution in [2.75, 3.05) is 11.9 Å². The molecule has 3 aromatic heterocycles. The lowest BCUT2D eigenvalue weighted by molar-refractivity contribution is -0.146. The smallest absolute Gasteiger partial charge is 0.313 e. The summed E-state index contributed by atoms with van der Waals surface area (Å²) >= 11 is 0. The molecular weight excluding hydrogens is 412 g/mol. The summed E-state index contributed by atoms with van der Waals surface area (Å²) in [5, 5.41) is 2.50. The van der Waals surface area contributed by atoms with E-state index in [9.17, 15) is 19.2 Å². The molecule has 0 saturated carbocycles. The Hall–Kier alpha value is -4.08. The third-order valence-corrected chi connectivity index (χ3v) is 5.49. The van der Waals surface area contributed by atoms with Crippen LogP contribution < -0.4 is 16.6 Å². The van der Waals surface area contributed by atoms with Gasteiger partial charge in [-0.15, -0.1) is 0 Å². The summed E-state index contributed by atoms with van der Waals surface area (Å²) in [4.78, 5) is 61.4. The number of amides is 3. The fourth-order valence-corrected chi connectivity index (χ4v) is 3.88. The Morgan fingerprint density at radius 3 is 2.75 bits per heavy atom. The molecule has 0 spiro atoms. The quantitative estimate of drug-likeness (QED) is 0.530. The highest BCUT2D eigenvalue weighted by Gasteiger charge is 2.35. The van der Waals surface area contributed by atoms with Gasteiger partial charge in [0.25, 0.3) is 0 Å². The molecular formula is C22H22N6O4. The van der Waals surface area contributed by atoms with Crippen LogP contribution in [0.4, 0.5) is 5.69 Å². The lowest BCUT2D eigenvalue weighted by Crippen LogP contribution is -2.46. The molecule has 0 bridgehead atoms. The molecule has 1 aliphatic rings. The van der Waals surface area contributed by atoms with Crippen molar-refractivity contribution in [2.24, 2.45) is 11.7 Å². The topological polar surface area (TPSA) is 151 Å². The second kappa shape index (κ2) is 8.58. The van der Waals surface area contributed by atoms with Crippen molar-refractivity contribution < 1.29 is 14.4 Å². The van der Waals surface area contributed by atoms with Crippen molar-refractivity contribution in [2.45, 2.75) is 25.8 Å². The summed E-state index contributed by atoms with van der Waals surface area (Å²) in [7, 11) is 0. The van der Waals surface area contributed by atoms with Crippen LogP contribution in [-0.4, -0.2) is 44.1 Å². The van der Waals surface area contributed by atoms with Gasteiger partial charge in [-0.25, -0.2) is 4.98 Å². The summed E-state index contributed by atoms with van der Waals surface area (Å²) in [5.74, 6) is -2.00. The minimum Gasteiger partial charge on any atom is -0.366 e. The molecule has 0 radical (unpaired) electrons. The number of fused-ring (bicyclic) bond motifs is 1. The number of nitrogens with two attached hydrogens (primary N) is 1. The maximum absolute atomic E-state index is 13.1. The molecule has 1 fully saturated rings. The normalized spacial score (nSPS) is 18.3. The molecule has 0 aromatic carbocycles. The molecule has 2 atom stereocenters. The molecule has 32 heavy (non-hydrogen) atoms. The van der Waals surface area contributed by atoms with Gasteiger partial charge in [0.05, 0.1) is 40.2 Å². The Kier molecular flexibility index (Phi) is 5.67. The van der Waals surface area contributed by atoms with Crippen LogP contribution in [0.5, 0.6) is 0 Å². The molecule has 4 rings (SSSR count). The predicted octanol–water partition coefficient (Wildman–Crippen LogP) is 1.36. The summed E-state index contributed by atoms with van der Waals surface area (Å²) in [6.07, 6.45) is 4.15. The van der Waals surface area contributed by atoms with Crippen LogP contribution in [0.1, 0.15) is 41.9 Å². The summed E-state index contributed by atoms with van der Waals surface area (Å²) in [6, 6.07) is 7.52. The zero-order chi connectivity index (χ0) is 22.8. The Morgan fingerprint density at radius 2 is 1.97 bits per heavy atom. The van der Waals surface area contributed by atoms with E-state index >= 15 is 0 Å². The Balaban J connectivity index is 1.59. The number of hydrogen-bond acceptors (Lipinski definition) is 6. The largest absolute Gasteiger partial charge is 0.366 e. The molecule has 10 nitrogen and oxygen atoms in total. The number of nitrogens with zero attached hydrogens (tertiary/aromatic N) is 3. The van der Waals surface area contributed by atoms with E-state index in [2.05, 4.69) is 20.3 Å². The van der Waals surface area contributed by atoms with Crippen LogP contribution in [0.15, 0.2) is 47.5 Å². The fourth-order valence-electron chi connectivity index (χ4n) is 3.88. The molecule has 0 aliphatic carbocycles. The van der Waals surface area contributed by atoms with Crippen LogP contribution in [-0.2, 0) is 9.59 Å². The summed E-state index contributed by atoms with van der Waals surface area (Å²) < 4.78 is 0. The van der Waals surface area contributed by atoms with Crippen LogP contribution in [0, 0.1) is 5.92 Å². The zero-order valence-electron chi connectivity index (χ0n) is 17.4. The standard InChI is InChI=1S/C22H22N6O4/c1-12-2-6-18(17-4-3-16-15(26-17)5-7-19(29)27-16)28(11-12)22(32)21(31)25-14-8-13(20(23)30)9-24-10-14/h3-5,7-10,12,18H,2,6,11H2,1H3,(H2,23,30)(H,25,31)(H,27,29)/t12-,18+/m1/s1. The van der Waals surface area contributed by atoms with Crippen LogP contribution >= 0.6 is 0 Å². The van der Waals surface area contributed by atoms with E-state index in [1.807, 2.05) is 6.92 Å². The van der Waals surface area contributed by atoms with Gasteiger partial charge in [-0.3, -0.25) is 24.2 Å². The number of nitrogens with one attached hydrogen (secondary N) is 2. The average Bonchev–Trinajstić information content (AvgIpc) is 2.78. The number of aromatic nitrogens is 3. The van der Waals surface area contributed by atoms with E-state index in [0.29, 0.717) is 29.7 Å². The third-order valence-electron chi connectivity index (χ3n) is 5.49. The van der Waals surface area contributed by atoms with Gasteiger partial charge in [-0.05, 0) is 43.0 Å². The molecule has 4 N–H and O–H groups in total. The van der Waals surface area contributed by atoms with Gasteiger partial charge in [0.1, 0.15) is 0 Å². The van der Waals surface area contributed by atoms with Crippen molar-refractivity contribution in [1.82, 2.24) is 19.9 Å². The Morgan fingerprint density at radius 1 is 1.16 bits per heavy atom. The van der Waals surface area contributed by atoms with Gasteiger partial charge >= 0.3 is 11.8 Å². The fraction of sp³-hybridized carbons (Fsp3) is 0.273. The van der Waals surface area contributed by atoms with Gasteiger partial charge in [-0.2, -0.15) is 0 Å². The molecule has 3 amide bonds. The Labute approximate surface area is 182 Å². The number of carbonyl (C=O) groups excluding carboxylic acids is 3. The highest BCUT2D eigenvalue weighted by molar-refractivity contribution is 6.39. The number of likely N-dealkylation sites (tertiary alicyclic amines) is 1. The highest BCUT2D eigenvalue weighted by Crippen LogP contribution is 2.33. The van der Waals surface area contributed by atoms with E-state index in [1.54, 1.807) is 18.2 Å². The first kappa shape index (κ1) is 21.2. The van der Waals surface area contributed by atoms with Gasteiger partial charge in [-0.1, -0.05) is 6.92 Å². The molecule has 0 unspecified atom stereocenters. The lowest BCUT2D eigenvalue weighted by atomic mass is 9.92. The summed E-state index contributed by atoms with van der Waals surface area (Å²) in [6.45, 7) is 2.43. The molecule has 4 heterocycles. The van der Waals surface area contributed by atoms with E-state index in [-0.39, 0.29) is 28.8 Å². The molecule has 1 saturated heterocycles. The zero-order valence-corrected chi connectivity index (χ0v) is 17.4. The number of pyridine rings is 3. The number of aromatic amines is 1. The van der Waals surface area contributed by atoms with Crippen molar-refractivity contribution in [1.29, 1.82) is 0 Å². The number of carbonyl (C=O) groups is 3. The second-order valence-corrected chi connectivity index (χ2v) is 7.93.